The number of hydrogen-bond acceptors (Lipinski definition) is 5. The van der Waals surface area contributed by atoms with Crippen LogP contribution in [-0.2, 0) is 14.8 Å². The Hall–Kier alpha value is -2.42. The number of benzene rings is 2. The standard InChI is InChI=1S/C23H30N2O5S/c1-25(20-6-4-3-5-7-20)31(27,28)22-14-10-19(11-15-22)24-23(26)18-8-12-21(13-9-18)30-17-16-29-2/h8-15,20H,3-7,16-17H2,1-2H3,(H,24,26). The first kappa shape index (κ1) is 23.2. The number of carbonyl (C=O) groups is 1. The Morgan fingerprint density at radius 3 is 2.26 bits per heavy atom. The van der Waals surface area contributed by atoms with Gasteiger partial charge in [0.2, 0.25) is 10.0 Å². The number of rotatable bonds is 9. The van der Waals surface area contributed by atoms with Crippen molar-refractivity contribution in [3.05, 3.63) is 54.1 Å². The van der Waals surface area contributed by atoms with Gasteiger partial charge >= 0.3 is 0 Å². The molecule has 2 aromatic rings. The largest absolute Gasteiger partial charge is 0.491 e. The van der Waals surface area contributed by atoms with E-state index >= 15 is 0 Å². The predicted molar refractivity (Wildman–Crippen MR) is 120 cm³/mol. The van der Waals surface area contributed by atoms with Gasteiger partial charge in [-0.25, -0.2) is 8.42 Å². The van der Waals surface area contributed by atoms with Crippen LogP contribution in [0.15, 0.2) is 53.4 Å². The highest BCUT2D eigenvalue weighted by atomic mass is 32.2. The molecule has 31 heavy (non-hydrogen) atoms. The number of nitrogens with one attached hydrogen (secondary N) is 1. The lowest BCUT2D eigenvalue weighted by Gasteiger charge is -2.30. The van der Waals surface area contributed by atoms with Crippen molar-refractivity contribution >= 4 is 21.6 Å². The van der Waals surface area contributed by atoms with Gasteiger partial charge in [-0.05, 0) is 61.4 Å². The fraction of sp³-hybridized carbons (Fsp3) is 0.435. The Kier molecular flexibility index (Phi) is 8.06. The Balaban J connectivity index is 1.61. The first-order valence-electron chi connectivity index (χ1n) is 10.5. The minimum atomic E-state index is -3.55. The van der Waals surface area contributed by atoms with Crippen LogP contribution in [0, 0.1) is 0 Å². The van der Waals surface area contributed by atoms with Crippen LogP contribution in [0.4, 0.5) is 5.69 Å². The fourth-order valence-corrected chi connectivity index (χ4v) is 5.08. The van der Waals surface area contributed by atoms with Crippen LogP contribution in [0.5, 0.6) is 5.75 Å². The topological polar surface area (TPSA) is 84.9 Å². The molecule has 1 amide bonds. The molecule has 0 spiro atoms. The second-order valence-corrected chi connectivity index (χ2v) is 9.65. The third-order valence-electron chi connectivity index (χ3n) is 5.55. The van der Waals surface area contributed by atoms with Crippen molar-refractivity contribution in [3.8, 4) is 5.75 Å². The minimum absolute atomic E-state index is 0.0552. The Morgan fingerprint density at radius 1 is 1.00 bits per heavy atom. The SMILES string of the molecule is COCCOc1ccc(C(=O)Nc2ccc(S(=O)(=O)N(C)C3CCCCC3)cc2)cc1. The summed E-state index contributed by atoms with van der Waals surface area (Å²) in [6.07, 6.45) is 5.11. The van der Waals surface area contributed by atoms with Crippen molar-refractivity contribution in [3.63, 3.8) is 0 Å². The van der Waals surface area contributed by atoms with E-state index < -0.39 is 10.0 Å². The van der Waals surface area contributed by atoms with Gasteiger partial charge in [-0.3, -0.25) is 4.79 Å². The molecule has 0 atom stereocenters. The van der Waals surface area contributed by atoms with Crippen LogP contribution in [0.2, 0.25) is 0 Å². The zero-order valence-corrected chi connectivity index (χ0v) is 18.9. The molecule has 1 aliphatic rings. The van der Waals surface area contributed by atoms with E-state index in [-0.39, 0.29) is 16.8 Å². The summed E-state index contributed by atoms with van der Waals surface area (Å²) in [5.41, 5.74) is 1.01. The molecule has 0 aliphatic heterocycles. The maximum atomic E-state index is 12.9. The number of ether oxygens (including phenoxy) is 2. The van der Waals surface area contributed by atoms with Gasteiger partial charge < -0.3 is 14.8 Å². The molecule has 3 rings (SSSR count). The van der Waals surface area contributed by atoms with Crippen molar-refractivity contribution in [1.82, 2.24) is 4.31 Å². The average Bonchev–Trinajstić information content (AvgIpc) is 2.80. The first-order valence-corrected chi connectivity index (χ1v) is 12.0. The lowest BCUT2D eigenvalue weighted by Crippen LogP contribution is -2.38. The van der Waals surface area contributed by atoms with Gasteiger partial charge in [0.05, 0.1) is 11.5 Å². The lowest BCUT2D eigenvalue weighted by atomic mass is 9.96. The Bertz CT molecular complexity index is 952. The summed E-state index contributed by atoms with van der Waals surface area (Å²) in [4.78, 5) is 12.7. The predicted octanol–water partition coefficient (Wildman–Crippen LogP) is 3.92. The van der Waals surface area contributed by atoms with E-state index in [0.29, 0.717) is 30.2 Å². The highest BCUT2D eigenvalue weighted by molar-refractivity contribution is 7.89. The molecular weight excluding hydrogens is 416 g/mol. The van der Waals surface area contributed by atoms with Crippen LogP contribution in [-0.4, -0.2) is 52.0 Å². The molecule has 1 fully saturated rings. The van der Waals surface area contributed by atoms with Crippen molar-refractivity contribution in [2.75, 3.05) is 32.7 Å². The normalized spacial score (nSPS) is 15.1. The third kappa shape index (κ3) is 6.06. The maximum absolute atomic E-state index is 12.9. The molecule has 0 aromatic heterocycles. The zero-order valence-electron chi connectivity index (χ0n) is 18.0. The summed E-state index contributed by atoms with van der Waals surface area (Å²) in [6, 6.07) is 13.2. The van der Waals surface area contributed by atoms with Gasteiger partial charge in [0.15, 0.2) is 0 Å². The van der Waals surface area contributed by atoms with Gasteiger partial charge in [-0.15, -0.1) is 0 Å². The summed E-state index contributed by atoms with van der Waals surface area (Å²) >= 11 is 0. The Labute approximate surface area is 184 Å². The third-order valence-corrected chi connectivity index (χ3v) is 7.48. The molecular formula is C23H30N2O5S. The minimum Gasteiger partial charge on any atom is -0.491 e. The molecule has 1 N–H and O–H groups in total. The molecule has 7 nitrogen and oxygen atoms in total. The van der Waals surface area contributed by atoms with Gasteiger partial charge in [0.25, 0.3) is 5.91 Å². The van der Waals surface area contributed by atoms with Crippen LogP contribution in [0.3, 0.4) is 0 Å². The van der Waals surface area contributed by atoms with Gasteiger partial charge in [0.1, 0.15) is 12.4 Å². The fourth-order valence-electron chi connectivity index (χ4n) is 3.67. The number of hydrogen-bond donors (Lipinski definition) is 1. The number of anilines is 1. The highest BCUT2D eigenvalue weighted by Crippen LogP contribution is 2.27. The number of methoxy groups -OCH3 is 1. The molecule has 1 aliphatic carbocycles. The number of nitrogens with zero attached hydrogens (tertiary/aromatic N) is 1. The summed E-state index contributed by atoms with van der Waals surface area (Å²) < 4.78 is 37.8. The van der Waals surface area contributed by atoms with Crippen molar-refractivity contribution in [1.29, 1.82) is 0 Å². The second kappa shape index (κ2) is 10.7. The lowest BCUT2D eigenvalue weighted by molar-refractivity contribution is 0.102. The molecule has 0 saturated heterocycles. The van der Waals surface area contributed by atoms with Gasteiger partial charge in [-0.1, -0.05) is 19.3 Å². The molecule has 2 aromatic carbocycles. The van der Waals surface area contributed by atoms with Crippen LogP contribution in [0.25, 0.3) is 0 Å². The number of sulfonamides is 1. The smallest absolute Gasteiger partial charge is 0.255 e. The summed E-state index contributed by atoms with van der Waals surface area (Å²) in [7, 11) is -0.291. The first-order chi connectivity index (χ1) is 14.9. The van der Waals surface area contributed by atoms with Crippen molar-refractivity contribution < 1.29 is 22.7 Å². The summed E-state index contributed by atoms with van der Waals surface area (Å²) in [5, 5.41) is 2.79. The van der Waals surface area contributed by atoms with Crippen LogP contribution >= 0.6 is 0 Å². The molecule has 0 unspecified atom stereocenters. The van der Waals surface area contributed by atoms with E-state index in [0.717, 1.165) is 25.7 Å². The van der Waals surface area contributed by atoms with E-state index in [4.69, 9.17) is 9.47 Å². The number of carbonyl (C=O) groups excluding carboxylic acids is 1. The van der Waals surface area contributed by atoms with Crippen molar-refractivity contribution in [2.45, 2.75) is 43.0 Å². The van der Waals surface area contributed by atoms with Crippen LogP contribution < -0.4 is 10.1 Å². The molecule has 1 saturated carbocycles. The van der Waals surface area contributed by atoms with E-state index in [1.807, 2.05) is 0 Å². The van der Waals surface area contributed by atoms with Crippen molar-refractivity contribution in [2.24, 2.45) is 0 Å². The van der Waals surface area contributed by atoms with E-state index in [1.54, 1.807) is 50.6 Å². The van der Waals surface area contributed by atoms with Gasteiger partial charge in [-0.2, -0.15) is 4.31 Å². The summed E-state index contributed by atoms with van der Waals surface area (Å²) in [6.45, 7) is 0.928. The zero-order chi connectivity index (χ0) is 22.3. The summed E-state index contributed by atoms with van der Waals surface area (Å²) in [5.74, 6) is 0.378. The number of amides is 1. The monoisotopic (exact) mass is 446 g/mol. The molecule has 168 valence electrons. The molecule has 0 heterocycles. The van der Waals surface area contributed by atoms with Crippen LogP contribution in [0.1, 0.15) is 42.5 Å². The molecule has 8 heteroatoms. The average molecular weight is 447 g/mol. The molecule has 0 bridgehead atoms. The van der Waals surface area contributed by atoms with E-state index in [1.165, 1.54) is 22.9 Å². The second-order valence-electron chi connectivity index (χ2n) is 7.66. The van der Waals surface area contributed by atoms with E-state index in [2.05, 4.69) is 5.32 Å². The molecule has 0 radical (unpaired) electrons. The highest BCUT2D eigenvalue weighted by Gasteiger charge is 2.28. The quantitative estimate of drug-likeness (QED) is 0.590. The maximum Gasteiger partial charge on any atom is 0.255 e. The Morgan fingerprint density at radius 2 is 1.65 bits per heavy atom. The van der Waals surface area contributed by atoms with Gasteiger partial charge in [0, 0.05) is 31.5 Å². The van der Waals surface area contributed by atoms with E-state index in [9.17, 15) is 13.2 Å².